The summed E-state index contributed by atoms with van der Waals surface area (Å²) >= 11 is 0. The number of nitrogens with two attached hydrogens (primary N) is 1. The number of hydrogen-bond donors (Lipinski definition) is 2. The van der Waals surface area contributed by atoms with E-state index in [9.17, 15) is 5.11 Å². The minimum atomic E-state index is -0.00914. The standard InChI is InChI=1S/C14H17NO/c1-14(2,3)11-8-12(16)13(15)10-7-5-4-6-9(10)11/h4-8,16H,15H2,1-3H3. The largest absolute Gasteiger partial charge is 0.506 e. The molecule has 3 N–H and O–H groups in total. The molecule has 84 valence electrons. The molecule has 2 aromatic carbocycles. The molecule has 0 saturated carbocycles. The van der Waals surface area contributed by atoms with E-state index in [1.165, 1.54) is 0 Å². The third kappa shape index (κ3) is 1.60. The molecule has 0 fully saturated rings. The zero-order valence-corrected chi connectivity index (χ0v) is 9.91. The Hall–Kier alpha value is -1.70. The minimum absolute atomic E-state index is 0.00914. The van der Waals surface area contributed by atoms with Crippen LogP contribution in [0.25, 0.3) is 10.8 Å². The number of aromatic hydroxyl groups is 1. The molecule has 0 aliphatic carbocycles. The lowest BCUT2D eigenvalue weighted by atomic mass is 9.83. The van der Waals surface area contributed by atoms with Crippen LogP contribution in [0.3, 0.4) is 0 Å². The minimum Gasteiger partial charge on any atom is -0.506 e. The number of fused-ring (bicyclic) bond motifs is 1. The van der Waals surface area contributed by atoms with Crippen LogP contribution in [0.2, 0.25) is 0 Å². The van der Waals surface area contributed by atoms with Gasteiger partial charge in [0.05, 0.1) is 5.69 Å². The van der Waals surface area contributed by atoms with Crippen LogP contribution in [0.5, 0.6) is 5.75 Å². The van der Waals surface area contributed by atoms with Crippen LogP contribution in [0.15, 0.2) is 30.3 Å². The van der Waals surface area contributed by atoms with Crippen molar-refractivity contribution in [3.05, 3.63) is 35.9 Å². The molecule has 0 atom stereocenters. The average Bonchev–Trinajstić information content (AvgIpc) is 2.22. The first-order valence-electron chi connectivity index (χ1n) is 5.42. The van der Waals surface area contributed by atoms with Crippen LogP contribution >= 0.6 is 0 Å². The van der Waals surface area contributed by atoms with E-state index in [1.807, 2.05) is 24.3 Å². The van der Waals surface area contributed by atoms with E-state index >= 15 is 0 Å². The Kier molecular flexibility index (Phi) is 2.30. The van der Waals surface area contributed by atoms with E-state index in [1.54, 1.807) is 6.07 Å². The molecule has 0 saturated heterocycles. The Balaban J connectivity index is 2.91. The summed E-state index contributed by atoms with van der Waals surface area (Å²) in [5.41, 5.74) is 7.45. The summed E-state index contributed by atoms with van der Waals surface area (Å²) < 4.78 is 0. The summed E-state index contributed by atoms with van der Waals surface area (Å²) in [7, 11) is 0. The lowest BCUT2D eigenvalue weighted by Gasteiger charge is -2.22. The molecule has 16 heavy (non-hydrogen) atoms. The molecule has 0 bridgehead atoms. The average molecular weight is 215 g/mol. The molecule has 0 heterocycles. The summed E-state index contributed by atoms with van der Waals surface area (Å²) in [6, 6.07) is 9.70. The molecule has 2 aromatic rings. The zero-order valence-electron chi connectivity index (χ0n) is 9.91. The van der Waals surface area contributed by atoms with E-state index in [4.69, 9.17) is 5.73 Å². The number of phenolic OH excluding ortho intramolecular Hbond substituents is 1. The van der Waals surface area contributed by atoms with Crippen molar-refractivity contribution in [1.82, 2.24) is 0 Å². The third-order valence-electron chi connectivity index (χ3n) is 2.87. The van der Waals surface area contributed by atoms with Crippen LogP contribution in [0.1, 0.15) is 26.3 Å². The maximum Gasteiger partial charge on any atom is 0.139 e. The Morgan fingerprint density at radius 1 is 1.06 bits per heavy atom. The highest BCUT2D eigenvalue weighted by Gasteiger charge is 2.19. The van der Waals surface area contributed by atoms with Crippen LogP contribution in [-0.4, -0.2) is 5.11 Å². The van der Waals surface area contributed by atoms with Crippen molar-refractivity contribution in [1.29, 1.82) is 0 Å². The Bertz CT molecular complexity index is 538. The van der Waals surface area contributed by atoms with Gasteiger partial charge in [-0.25, -0.2) is 0 Å². The number of rotatable bonds is 0. The van der Waals surface area contributed by atoms with Crippen LogP contribution in [0, 0.1) is 0 Å². The summed E-state index contributed by atoms with van der Waals surface area (Å²) in [6.07, 6.45) is 0. The van der Waals surface area contributed by atoms with Gasteiger partial charge in [0.25, 0.3) is 0 Å². The Morgan fingerprint density at radius 3 is 2.19 bits per heavy atom. The first-order valence-corrected chi connectivity index (χ1v) is 5.42. The quantitative estimate of drug-likeness (QED) is 0.522. The van der Waals surface area contributed by atoms with Crippen molar-refractivity contribution in [3.63, 3.8) is 0 Å². The zero-order chi connectivity index (χ0) is 11.9. The summed E-state index contributed by atoms with van der Waals surface area (Å²) in [6.45, 7) is 6.39. The molecule has 0 unspecified atom stereocenters. The van der Waals surface area contributed by atoms with E-state index in [0.29, 0.717) is 5.69 Å². The molecule has 0 spiro atoms. The van der Waals surface area contributed by atoms with Crippen LogP contribution in [-0.2, 0) is 5.41 Å². The normalized spacial score (nSPS) is 11.9. The van der Waals surface area contributed by atoms with E-state index in [-0.39, 0.29) is 11.2 Å². The summed E-state index contributed by atoms with van der Waals surface area (Å²) in [5, 5.41) is 11.9. The lowest BCUT2D eigenvalue weighted by Crippen LogP contribution is -2.12. The van der Waals surface area contributed by atoms with Gasteiger partial charge in [-0.15, -0.1) is 0 Å². The van der Waals surface area contributed by atoms with E-state index < -0.39 is 0 Å². The van der Waals surface area contributed by atoms with Crippen molar-refractivity contribution in [2.45, 2.75) is 26.2 Å². The molecule has 2 rings (SSSR count). The van der Waals surface area contributed by atoms with E-state index in [2.05, 4.69) is 20.8 Å². The summed E-state index contributed by atoms with van der Waals surface area (Å²) in [5.74, 6) is 0.170. The van der Waals surface area contributed by atoms with Crippen molar-refractivity contribution >= 4 is 16.5 Å². The van der Waals surface area contributed by atoms with Crippen molar-refractivity contribution in [2.75, 3.05) is 5.73 Å². The number of hydrogen-bond acceptors (Lipinski definition) is 2. The van der Waals surface area contributed by atoms with Crippen molar-refractivity contribution in [3.8, 4) is 5.75 Å². The van der Waals surface area contributed by atoms with Crippen molar-refractivity contribution in [2.24, 2.45) is 0 Å². The van der Waals surface area contributed by atoms with Gasteiger partial charge < -0.3 is 10.8 Å². The van der Waals surface area contributed by atoms with Gasteiger partial charge in [0, 0.05) is 5.39 Å². The van der Waals surface area contributed by atoms with Gasteiger partial charge in [0.1, 0.15) is 5.75 Å². The third-order valence-corrected chi connectivity index (χ3v) is 2.87. The Labute approximate surface area is 95.7 Å². The Morgan fingerprint density at radius 2 is 1.62 bits per heavy atom. The highest BCUT2D eigenvalue weighted by atomic mass is 16.3. The van der Waals surface area contributed by atoms with Gasteiger partial charge >= 0.3 is 0 Å². The predicted molar refractivity (Wildman–Crippen MR) is 68.7 cm³/mol. The number of anilines is 1. The van der Waals surface area contributed by atoms with Gasteiger partial charge in [-0.1, -0.05) is 45.0 Å². The maximum absolute atomic E-state index is 9.84. The smallest absolute Gasteiger partial charge is 0.139 e. The maximum atomic E-state index is 9.84. The van der Waals surface area contributed by atoms with Gasteiger partial charge in [-0.2, -0.15) is 0 Å². The molecular weight excluding hydrogens is 198 g/mol. The fourth-order valence-electron chi connectivity index (χ4n) is 2.00. The second-order valence-electron chi connectivity index (χ2n) is 5.15. The number of phenols is 1. The monoisotopic (exact) mass is 215 g/mol. The highest BCUT2D eigenvalue weighted by Crippen LogP contribution is 2.37. The molecular formula is C14H17NO. The lowest BCUT2D eigenvalue weighted by molar-refractivity contribution is 0.475. The molecule has 2 nitrogen and oxygen atoms in total. The topological polar surface area (TPSA) is 46.2 Å². The van der Waals surface area contributed by atoms with Gasteiger partial charge in [-0.05, 0) is 22.4 Å². The molecule has 0 aliphatic rings. The number of nitrogen functional groups attached to an aromatic ring is 1. The molecule has 0 amide bonds. The fraction of sp³-hybridized carbons (Fsp3) is 0.286. The fourth-order valence-corrected chi connectivity index (χ4v) is 2.00. The van der Waals surface area contributed by atoms with Gasteiger partial charge in [0.15, 0.2) is 0 Å². The first kappa shape index (κ1) is 10.8. The molecule has 0 aromatic heterocycles. The van der Waals surface area contributed by atoms with Crippen LogP contribution < -0.4 is 5.73 Å². The molecule has 0 aliphatic heterocycles. The SMILES string of the molecule is CC(C)(C)c1cc(O)c(N)c2ccccc12. The highest BCUT2D eigenvalue weighted by molar-refractivity contribution is 5.98. The first-order chi connectivity index (χ1) is 7.41. The van der Waals surface area contributed by atoms with E-state index in [0.717, 1.165) is 16.3 Å². The van der Waals surface area contributed by atoms with Gasteiger partial charge in [-0.3, -0.25) is 0 Å². The van der Waals surface area contributed by atoms with Crippen LogP contribution in [0.4, 0.5) is 5.69 Å². The second-order valence-corrected chi connectivity index (χ2v) is 5.15. The van der Waals surface area contributed by atoms with Crippen molar-refractivity contribution < 1.29 is 5.11 Å². The predicted octanol–water partition coefficient (Wildman–Crippen LogP) is 3.43. The molecule has 0 radical (unpaired) electrons. The summed E-state index contributed by atoms with van der Waals surface area (Å²) in [4.78, 5) is 0. The number of benzene rings is 2. The molecule has 2 heteroatoms. The van der Waals surface area contributed by atoms with Gasteiger partial charge in [0.2, 0.25) is 0 Å². The second kappa shape index (κ2) is 3.41.